The van der Waals surface area contributed by atoms with E-state index in [-0.39, 0.29) is 17.7 Å². The standard InChI is InChI=1S/C27H29N3O3/c1-19-8-13-24(27(32)29-22-9-11-23(33-2)12-10-22)26(28-19)21-14-16-30(17-15-21)25(31)18-20-6-4-3-5-7-20/h3-13,21H,14-18H2,1-2H3,(H,29,32). The van der Waals surface area contributed by atoms with Crippen LogP contribution in [-0.4, -0.2) is 41.9 Å². The highest BCUT2D eigenvalue weighted by Gasteiger charge is 2.28. The first-order valence-electron chi connectivity index (χ1n) is 11.3. The molecule has 170 valence electrons. The summed E-state index contributed by atoms with van der Waals surface area (Å²) in [6, 6.07) is 20.8. The number of pyridine rings is 1. The number of aromatic nitrogens is 1. The molecule has 1 N–H and O–H groups in total. The van der Waals surface area contributed by atoms with E-state index in [0.29, 0.717) is 30.8 Å². The van der Waals surface area contributed by atoms with Crippen molar-refractivity contribution in [2.75, 3.05) is 25.5 Å². The van der Waals surface area contributed by atoms with Gasteiger partial charge in [0.2, 0.25) is 5.91 Å². The highest BCUT2D eigenvalue weighted by atomic mass is 16.5. The lowest BCUT2D eigenvalue weighted by atomic mass is 9.89. The molecule has 1 aliphatic heterocycles. The van der Waals surface area contributed by atoms with Gasteiger partial charge in [-0.05, 0) is 61.7 Å². The zero-order valence-corrected chi connectivity index (χ0v) is 19.1. The number of carbonyl (C=O) groups is 2. The Morgan fingerprint density at radius 1 is 1.00 bits per heavy atom. The SMILES string of the molecule is COc1ccc(NC(=O)c2ccc(C)nc2C2CCN(C(=O)Cc3ccccc3)CC2)cc1. The van der Waals surface area contributed by atoms with Crippen LogP contribution >= 0.6 is 0 Å². The van der Waals surface area contributed by atoms with E-state index in [4.69, 9.17) is 9.72 Å². The maximum Gasteiger partial charge on any atom is 0.257 e. The Kier molecular flexibility index (Phi) is 7.03. The van der Waals surface area contributed by atoms with Crippen LogP contribution in [0.3, 0.4) is 0 Å². The molecule has 4 rings (SSSR count). The third-order valence-corrected chi connectivity index (χ3v) is 6.09. The average molecular weight is 444 g/mol. The fourth-order valence-electron chi connectivity index (χ4n) is 4.24. The van der Waals surface area contributed by atoms with Crippen LogP contribution in [0.1, 0.15) is 46.1 Å². The van der Waals surface area contributed by atoms with E-state index >= 15 is 0 Å². The number of likely N-dealkylation sites (tertiary alicyclic amines) is 1. The molecule has 1 aromatic heterocycles. The number of hydrogen-bond donors (Lipinski definition) is 1. The van der Waals surface area contributed by atoms with Crippen molar-refractivity contribution in [2.24, 2.45) is 0 Å². The van der Waals surface area contributed by atoms with Gasteiger partial charge in [-0.15, -0.1) is 0 Å². The number of methoxy groups -OCH3 is 1. The highest BCUT2D eigenvalue weighted by Crippen LogP contribution is 2.30. The van der Waals surface area contributed by atoms with Crippen LogP contribution in [0.2, 0.25) is 0 Å². The van der Waals surface area contributed by atoms with Gasteiger partial charge in [0.25, 0.3) is 5.91 Å². The molecule has 2 amide bonds. The quantitative estimate of drug-likeness (QED) is 0.604. The number of anilines is 1. The minimum atomic E-state index is -0.176. The molecule has 0 bridgehead atoms. The fourth-order valence-corrected chi connectivity index (χ4v) is 4.24. The number of nitrogens with one attached hydrogen (secondary N) is 1. The summed E-state index contributed by atoms with van der Waals surface area (Å²) in [6.07, 6.45) is 2.00. The second-order valence-corrected chi connectivity index (χ2v) is 8.39. The number of nitrogens with zero attached hydrogens (tertiary/aromatic N) is 2. The molecular weight excluding hydrogens is 414 g/mol. The minimum absolute atomic E-state index is 0.141. The summed E-state index contributed by atoms with van der Waals surface area (Å²) in [5, 5.41) is 2.96. The summed E-state index contributed by atoms with van der Waals surface area (Å²) < 4.78 is 5.18. The van der Waals surface area contributed by atoms with Crippen LogP contribution in [0, 0.1) is 6.92 Å². The van der Waals surface area contributed by atoms with Crippen LogP contribution in [-0.2, 0) is 11.2 Å². The number of benzene rings is 2. The van der Waals surface area contributed by atoms with Crippen molar-refractivity contribution in [3.63, 3.8) is 0 Å². The first-order valence-corrected chi connectivity index (χ1v) is 11.3. The lowest BCUT2D eigenvalue weighted by Gasteiger charge is -2.32. The number of aryl methyl sites for hydroxylation is 1. The van der Waals surface area contributed by atoms with Crippen LogP contribution in [0.4, 0.5) is 5.69 Å². The maximum absolute atomic E-state index is 13.1. The van der Waals surface area contributed by atoms with Crippen molar-refractivity contribution in [1.82, 2.24) is 9.88 Å². The van der Waals surface area contributed by atoms with Crippen LogP contribution in [0.15, 0.2) is 66.7 Å². The Morgan fingerprint density at radius 2 is 1.70 bits per heavy atom. The zero-order valence-electron chi connectivity index (χ0n) is 19.1. The van der Waals surface area contributed by atoms with E-state index in [1.165, 1.54) is 0 Å². The number of rotatable bonds is 6. The summed E-state index contributed by atoms with van der Waals surface area (Å²) in [5.41, 5.74) is 4.02. The number of piperidine rings is 1. The van der Waals surface area contributed by atoms with Crippen molar-refractivity contribution in [1.29, 1.82) is 0 Å². The van der Waals surface area contributed by atoms with Crippen molar-refractivity contribution in [3.8, 4) is 5.75 Å². The molecule has 2 heterocycles. The van der Waals surface area contributed by atoms with E-state index in [2.05, 4.69) is 5.32 Å². The van der Waals surface area contributed by atoms with Crippen LogP contribution < -0.4 is 10.1 Å². The summed E-state index contributed by atoms with van der Waals surface area (Å²) in [5.74, 6) is 0.848. The molecule has 1 saturated heterocycles. The van der Waals surface area contributed by atoms with Crippen molar-refractivity contribution < 1.29 is 14.3 Å². The Balaban J connectivity index is 1.43. The largest absolute Gasteiger partial charge is 0.497 e. The van der Waals surface area contributed by atoms with Gasteiger partial charge in [0, 0.05) is 30.4 Å². The molecule has 0 unspecified atom stereocenters. The molecule has 0 radical (unpaired) electrons. The van der Waals surface area contributed by atoms with Gasteiger partial charge < -0.3 is 15.0 Å². The van der Waals surface area contributed by atoms with E-state index in [1.807, 2.05) is 78.6 Å². The molecule has 0 atom stereocenters. The molecule has 1 aliphatic rings. The second-order valence-electron chi connectivity index (χ2n) is 8.39. The summed E-state index contributed by atoms with van der Waals surface area (Å²) in [4.78, 5) is 32.5. The summed E-state index contributed by atoms with van der Waals surface area (Å²) in [6.45, 7) is 3.28. The molecule has 1 fully saturated rings. The number of carbonyl (C=O) groups excluding carboxylic acids is 2. The first-order chi connectivity index (χ1) is 16.0. The van der Waals surface area contributed by atoms with Crippen LogP contribution in [0.25, 0.3) is 0 Å². The van der Waals surface area contributed by atoms with E-state index in [9.17, 15) is 9.59 Å². The highest BCUT2D eigenvalue weighted by molar-refractivity contribution is 6.05. The third-order valence-electron chi connectivity index (χ3n) is 6.09. The zero-order chi connectivity index (χ0) is 23.2. The Hall–Kier alpha value is -3.67. The lowest BCUT2D eigenvalue weighted by molar-refractivity contribution is -0.131. The van der Waals surface area contributed by atoms with Gasteiger partial charge >= 0.3 is 0 Å². The van der Waals surface area contributed by atoms with Gasteiger partial charge in [0.15, 0.2) is 0 Å². The summed E-state index contributed by atoms with van der Waals surface area (Å²) in [7, 11) is 1.61. The smallest absolute Gasteiger partial charge is 0.257 e. The molecule has 0 spiro atoms. The molecule has 2 aromatic carbocycles. The predicted octanol–water partition coefficient (Wildman–Crippen LogP) is 4.60. The van der Waals surface area contributed by atoms with Crippen molar-refractivity contribution in [2.45, 2.75) is 32.1 Å². The molecular formula is C27H29N3O3. The first kappa shape index (κ1) is 22.5. The van der Waals surface area contributed by atoms with E-state index in [0.717, 1.165) is 35.5 Å². The Morgan fingerprint density at radius 3 is 2.36 bits per heavy atom. The number of ether oxygens (including phenoxy) is 1. The minimum Gasteiger partial charge on any atom is -0.497 e. The van der Waals surface area contributed by atoms with Gasteiger partial charge in [-0.25, -0.2) is 0 Å². The number of amides is 2. The Labute approximate surface area is 194 Å². The molecule has 3 aromatic rings. The average Bonchev–Trinajstić information content (AvgIpc) is 2.85. The lowest BCUT2D eigenvalue weighted by Crippen LogP contribution is -2.39. The van der Waals surface area contributed by atoms with Gasteiger partial charge in [0.1, 0.15) is 5.75 Å². The van der Waals surface area contributed by atoms with Gasteiger partial charge in [-0.2, -0.15) is 0 Å². The summed E-state index contributed by atoms with van der Waals surface area (Å²) >= 11 is 0. The van der Waals surface area contributed by atoms with Crippen molar-refractivity contribution in [3.05, 3.63) is 89.2 Å². The van der Waals surface area contributed by atoms with E-state index in [1.54, 1.807) is 7.11 Å². The molecule has 0 aliphatic carbocycles. The third kappa shape index (κ3) is 5.58. The van der Waals surface area contributed by atoms with Crippen molar-refractivity contribution >= 4 is 17.5 Å². The predicted molar refractivity (Wildman–Crippen MR) is 129 cm³/mol. The van der Waals surface area contributed by atoms with Crippen LogP contribution in [0.5, 0.6) is 5.75 Å². The molecule has 6 nitrogen and oxygen atoms in total. The monoisotopic (exact) mass is 443 g/mol. The van der Waals surface area contributed by atoms with Gasteiger partial charge in [-0.3, -0.25) is 14.6 Å². The molecule has 6 heteroatoms. The maximum atomic E-state index is 13.1. The normalized spacial score (nSPS) is 14.1. The second kappa shape index (κ2) is 10.3. The topological polar surface area (TPSA) is 71.5 Å². The van der Waals surface area contributed by atoms with Gasteiger partial charge in [0.05, 0.1) is 24.8 Å². The van der Waals surface area contributed by atoms with E-state index < -0.39 is 0 Å². The molecule has 0 saturated carbocycles. The van der Waals surface area contributed by atoms with Gasteiger partial charge in [-0.1, -0.05) is 30.3 Å². The fraction of sp³-hybridized carbons (Fsp3) is 0.296. The Bertz CT molecular complexity index is 1110. The molecule has 33 heavy (non-hydrogen) atoms. The number of hydrogen-bond acceptors (Lipinski definition) is 4.